The normalized spacial score (nSPS) is 12.4. The molecule has 1 fully saturated rings. The fraction of sp³-hybridized carbons (Fsp3) is 0.273. The van der Waals surface area contributed by atoms with Crippen LogP contribution in [0.3, 0.4) is 0 Å². The molecule has 31 heavy (non-hydrogen) atoms. The summed E-state index contributed by atoms with van der Waals surface area (Å²) in [4.78, 5) is 47.0. The van der Waals surface area contributed by atoms with Crippen molar-refractivity contribution in [3.05, 3.63) is 54.1 Å². The van der Waals surface area contributed by atoms with E-state index in [0.717, 1.165) is 12.8 Å². The predicted octanol–water partition coefficient (Wildman–Crippen LogP) is 1.96. The third kappa shape index (κ3) is 6.84. The van der Waals surface area contributed by atoms with Crippen LogP contribution in [-0.2, 0) is 19.1 Å². The van der Waals surface area contributed by atoms with Gasteiger partial charge in [0.1, 0.15) is 12.3 Å². The van der Waals surface area contributed by atoms with E-state index in [4.69, 9.17) is 4.74 Å². The summed E-state index contributed by atoms with van der Waals surface area (Å²) in [5.41, 5.74) is 1.45. The zero-order valence-corrected chi connectivity index (χ0v) is 17.0. The Morgan fingerprint density at radius 1 is 0.968 bits per heavy atom. The number of benzene rings is 2. The van der Waals surface area contributed by atoms with Gasteiger partial charge in [-0.15, -0.1) is 0 Å². The zero-order valence-electron chi connectivity index (χ0n) is 17.0. The maximum absolute atomic E-state index is 12.1. The number of anilines is 2. The van der Waals surface area contributed by atoms with E-state index >= 15 is 0 Å². The summed E-state index contributed by atoms with van der Waals surface area (Å²) >= 11 is 0. The molecule has 0 heterocycles. The van der Waals surface area contributed by atoms with Crippen molar-refractivity contribution < 1.29 is 28.7 Å². The Labute approximate surface area is 179 Å². The molecule has 1 aliphatic rings. The third-order valence-electron chi connectivity index (χ3n) is 4.47. The Morgan fingerprint density at radius 3 is 2.39 bits per heavy atom. The van der Waals surface area contributed by atoms with Gasteiger partial charge in [-0.25, -0.2) is 0 Å². The van der Waals surface area contributed by atoms with E-state index in [-0.39, 0.29) is 30.9 Å². The van der Waals surface area contributed by atoms with Gasteiger partial charge in [0.25, 0.3) is 11.8 Å². The topological polar surface area (TPSA) is 123 Å². The molecule has 0 aliphatic heterocycles. The minimum Gasteiger partial charge on any atom is -0.484 e. The lowest BCUT2D eigenvalue weighted by Crippen LogP contribution is -2.30. The van der Waals surface area contributed by atoms with Gasteiger partial charge in [-0.1, -0.05) is 6.07 Å². The fourth-order valence-electron chi connectivity index (χ4n) is 2.63. The number of carbonyl (C=O) groups excluding carboxylic acids is 4. The molecule has 0 unspecified atom stereocenters. The highest BCUT2D eigenvalue weighted by Gasteiger charge is 2.29. The molecule has 0 aromatic heterocycles. The van der Waals surface area contributed by atoms with Crippen LogP contribution < -0.4 is 20.7 Å². The molecule has 0 spiro atoms. The van der Waals surface area contributed by atoms with Crippen molar-refractivity contribution in [2.75, 3.05) is 30.9 Å². The lowest BCUT2D eigenvalue weighted by atomic mass is 10.2. The molecular formula is C22H23N3O6. The van der Waals surface area contributed by atoms with Gasteiger partial charge in [-0.2, -0.15) is 0 Å². The predicted molar refractivity (Wildman–Crippen MR) is 113 cm³/mol. The van der Waals surface area contributed by atoms with E-state index in [1.165, 1.54) is 19.2 Å². The summed E-state index contributed by atoms with van der Waals surface area (Å²) in [6, 6.07) is 13.0. The number of nitrogens with one attached hydrogen (secondary N) is 3. The van der Waals surface area contributed by atoms with Crippen LogP contribution in [0.25, 0.3) is 0 Å². The summed E-state index contributed by atoms with van der Waals surface area (Å²) < 4.78 is 9.95. The van der Waals surface area contributed by atoms with Crippen LogP contribution in [0.5, 0.6) is 5.75 Å². The van der Waals surface area contributed by atoms with Crippen LogP contribution >= 0.6 is 0 Å². The molecule has 3 rings (SSSR count). The highest BCUT2D eigenvalue weighted by molar-refractivity contribution is 5.97. The number of esters is 1. The number of ether oxygens (including phenoxy) is 2. The van der Waals surface area contributed by atoms with E-state index in [2.05, 4.69) is 20.7 Å². The van der Waals surface area contributed by atoms with Crippen molar-refractivity contribution in [3.8, 4) is 5.75 Å². The van der Waals surface area contributed by atoms with Crippen LogP contribution in [0.4, 0.5) is 11.4 Å². The second-order valence-corrected chi connectivity index (χ2v) is 6.96. The first-order valence-corrected chi connectivity index (χ1v) is 9.73. The van der Waals surface area contributed by atoms with E-state index in [1.54, 1.807) is 36.4 Å². The number of methoxy groups -OCH3 is 1. The highest BCUT2D eigenvalue weighted by Crippen LogP contribution is 2.30. The van der Waals surface area contributed by atoms with Crippen molar-refractivity contribution >= 4 is 35.1 Å². The van der Waals surface area contributed by atoms with Crippen LogP contribution in [0.2, 0.25) is 0 Å². The second-order valence-electron chi connectivity index (χ2n) is 6.96. The number of rotatable bonds is 9. The average molecular weight is 425 g/mol. The molecule has 9 nitrogen and oxygen atoms in total. The SMILES string of the molecule is COC(=O)CNC(=O)c1ccc(NC(=O)COc2cccc(NC(=O)C3CC3)c2)cc1. The molecule has 1 aliphatic carbocycles. The molecule has 162 valence electrons. The molecule has 2 aromatic rings. The van der Waals surface area contributed by atoms with Crippen molar-refractivity contribution in [1.29, 1.82) is 0 Å². The molecule has 2 aromatic carbocycles. The van der Waals surface area contributed by atoms with Crippen LogP contribution in [0.15, 0.2) is 48.5 Å². The molecule has 0 radical (unpaired) electrons. The summed E-state index contributed by atoms with van der Waals surface area (Å²) in [6.45, 7) is -0.446. The van der Waals surface area contributed by atoms with Gasteiger partial charge in [0.2, 0.25) is 5.91 Å². The standard InChI is InChI=1S/C22H23N3O6/c1-30-20(27)12-23-21(28)14-7-9-16(10-8-14)24-19(26)13-31-18-4-2-3-17(11-18)25-22(29)15-5-6-15/h2-4,7-11,15H,5-6,12-13H2,1H3,(H,23,28)(H,24,26)(H,25,29). The van der Waals surface area contributed by atoms with Crippen molar-refractivity contribution in [2.24, 2.45) is 5.92 Å². The average Bonchev–Trinajstić information content (AvgIpc) is 3.62. The minimum absolute atomic E-state index is 0.00248. The number of hydrogen-bond donors (Lipinski definition) is 3. The smallest absolute Gasteiger partial charge is 0.325 e. The maximum Gasteiger partial charge on any atom is 0.325 e. The summed E-state index contributed by atoms with van der Waals surface area (Å²) in [7, 11) is 1.24. The minimum atomic E-state index is -0.548. The van der Waals surface area contributed by atoms with Gasteiger partial charge in [0.15, 0.2) is 6.61 Å². The first kappa shape index (κ1) is 21.8. The van der Waals surface area contributed by atoms with Crippen molar-refractivity contribution in [3.63, 3.8) is 0 Å². The Morgan fingerprint density at radius 2 is 1.71 bits per heavy atom. The summed E-state index contributed by atoms with van der Waals surface area (Å²) in [5.74, 6) is -0.803. The molecule has 3 amide bonds. The molecule has 9 heteroatoms. The van der Waals surface area contributed by atoms with Gasteiger partial charge in [0, 0.05) is 28.9 Å². The summed E-state index contributed by atoms with van der Waals surface area (Å²) in [6.07, 6.45) is 1.84. The van der Waals surface area contributed by atoms with Crippen molar-refractivity contribution in [2.45, 2.75) is 12.8 Å². The molecule has 3 N–H and O–H groups in total. The number of carbonyl (C=O) groups is 4. The second kappa shape index (κ2) is 10.2. The highest BCUT2D eigenvalue weighted by atomic mass is 16.5. The lowest BCUT2D eigenvalue weighted by molar-refractivity contribution is -0.139. The van der Waals surface area contributed by atoms with E-state index in [1.807, 2.05) is 0 Å². The van der Waals surface area contributed by atoms with Crippen LogP contribution in [0, 0.1) is 5.92 Å². The number of hydrogen-bond acceptors (Lipinski definition) is 6. The summed E-state index contributed by atoms with van der Waals surface area (Å²) in [5, 5.41) is 7.92. The molecule has 0 bridgehead atoms. The van der Waals surface area contributed by atoms with E-state index in [0.29, 0.717) is 22.7 Å². The number of amides is 3. The molecule has 0 saturated heterocycles. The van der Waals surface area contributed by atoms with Crippen molar-refractivity contribution in [1.82, 2.24) is 5.32 Å². The largest absolute Gasteiger partial charge is 0.484 e. The Hall–Kier alpha value is -3.88. The van der Waals surface area contributed by atoms with Crippen LogP contribution in [-0.4, -0.2) is 44.0 Å². The van der Waals surface area contributed by atoms with Gasteiger partial charge in [-0.05, 0) is 49.2 Å². The van der Waals surface area contributed by atoms with Gasteiger partial charge < -0.3 is 25.4 Å². The fourth-order valence-corrected chi connectivity index (χ4v) is 2.63. The molecule has 1 saturated carbocycles. The van der Waals surface area contributed by atoms with Gasteiger partial charge in [0.05, 0.1) is 7.11 Å². The lowest BCUT2D eigenvalue weighted by Gasteiger charge is -2.10. The zero-order chi connectivity index (χ0) is 22.2. The Bertz CT molecular complexity index is 969. The first-order valence-electron chi connectivity index (χ1n) is 9.73. The van der Waals surface area contributed by atoms with Crippen LogP contribution in [0.1, 0.15) is 23.2 Å². The maximum atomic E-state index is 12.1. The third-order valence-corrected chi connectivity index (χ3v) is 4.47. The first-order chi connectivity index (χ1) is 14.9. The molecular weight excluding hydrogens is 402 g/mol. The van der Waals surface area contributed by atoms with E-state index < -0.39 is 11.9 Å². The Balaban J connectivity index is 1.45. The van der Waals surface area contributed by atoms with Gasteiger partial charge >= 0.3 is 5.97 Å². The monoisotopic (exact) mass is 425 g/mol. The molecule has 0 atom stereocenters. The quantitative estimate of drug-likeness (QED) is 0.528. The van der Waals surface area contributed by atoms with E-state index in [9.17, 15) is 19.2 Å². The van der Waals surface area contributed by atoms with Gasteiger partial charge in [-0.3, -0.25) is 19.2 Å². The Kier molecular flexibility index (Phi) is 7.21.